The molecule has 3 N–H and O–H groups in total. The van der Waals surface area contributed by atoms with Crippen molar-refractivity contribution in [3.63, 3.8) is 0 Å². The molecule has 0 radical (unpaired) electrons. The molecule has 0 aliphatic heterocycles. The minimum atomic E-state index is -0.835. The number of hydrogen-bond donors (Lipinski definition) is 3. The number of carboxylic acids is 1. The molecule has 1 aliphatic carbocycles. The van der Waals surface area contributed by atoms with E-state index in [9.17, 15) is 19.8 Å². The Morgan fingerprint density at radius 3 is 2.39 bits per heavy atom. The number of amides is 2. The molecular weight excluding hydrogens is 236 g/mol. The third kappa shape index (κ3) is 3.60. The lowest BCUT2D eigenvalue weighted by molar-refractivity contribution is -0.148. The van der Waals surface area contributed by atoms with E-state index in [0.717, 1.165) is 12.8 Å². The quantitative estimate of drug-likeness (QED) is 0.675. The molecular formula is C12H22N2O4. The summed E-state index contributed by atoms with van der Waals surface area (Å²) in [5, 5.41) is 21.1. The molecule has 1 saturated carbocycles. The molecule has 104 valence electrons. The Kier molecular flexibility index (Phi) is 4.95. The molecule has 0 aromatic carbocycles. The largest absolute Gasteiger partial charge is 0.481 e. The van der Waals surface area contributed by atoms with Crippen molar-refractivity contribution in [2.45, 2.75) is 38.7 Å². The number of carbonyl (C=O) groups is 2. The zero-order chi connectivity index (χ0) is 13.8. The highest BCUT2D eigenvalue weighted by molar-refractivity contribution is 5.78. The molecule has 0 bridgehead atoms. The number of urea groups is 1. The van der Waals surface area contributed by atoms with Crippen LogP contribution in [-0.4, -0.2) is 53.4 Å². The number of rotatable bonds is 5. The van der Waals surface area contributed by atoms with E-state index < -0.39 is 17.5 Å². The molecule has 1 fully saturated rings. The first kappa shape index (κ1) is 14.8. The molecule has 0 aromatic heterocycles. The van der Waals surface area contributed by atoms with Crippen LogP contribution in [0.4, 0.5) is 4.79 Å². The second kappa shape index (κ2) is 6.04. The van der Waals surface area contributed by atoms with Gasteiger partial charge in [-0.25, -0.2) is 4.79 Å². The Bertz CT molecular complexity index is 311. The second-order valence-electron chi connectivity index (χ2n) is 5.18. The minimum Gasteiger partial charge on any atom is -0.481 e. The van der Waals surface area contributed by atoms with Gasteiger partial charge in [-0.2, -0.15) is 0 Å². The molecule has 1 rings (SSSR count). The zero-order valence-corrected chi connectivity index (χ0v) is 11.0. The average molecular weight is 258 g/mol. The van der Waals surface area contributed by atoms with E-state index in [4.69, 9.17) is 0 Å². The number of hydrogen-bond acceptors (Lipinski definition) is 3. The highest BCUT2D eigenvalue weighted by Gasteiger charge is 2.41. The summed E-state index contributed by atoms with van der Waals surface area (Å²) in [5.41, 5.74) is -0.804. The van der Waals surface area contributed by atoms with E-state index in [1.807, 2.05) is 0 Å². The summed E-state index contributed by atoms with van der Waals surface area (Å²) in [6, 6.07) is -0.344. The molecule has 1 aliphatic rings. The number of nitrogens with zero attached hydrogens (tertiary/aromatic N) is 1. The topological polar surface area (TPSA) is 89.9 Å². The van der Waals surface area contributed by atoms with Gasteiger partial charge >= 0.3 is 12.0 Å². The predicted octanol–water partition coefficient (Wildman–Crippen LogP) is 0.654. The van der Waals surface area contributed by atoms with Gasteiger partial charge in [-0.05, 0) is 19.8 Å². The Morgan fingerprint density at radius 1 is 1.39 bits per heavy atom. The maximum absolute atomic E-state index is 11.7. The third-order valence-corrected chi connectivity index (χ3v) is 3.48. The monoisotopic (exact) mass is 258 g/mol. The van der Waals surface area contributed by atoms with E-state index in [1.54, 1.807) is 14.0 Å². The summed E-state index contributed by atoms with van der Waals surface area (Å²) in [4.78, 5) is 24.3. The van der Waals surface area contributed by atoms with E-state index in [2.05, 4.69) is 5.32 Å². The molecule has 1 unspecified atom stereocenters. The minimum absolute atomic E-state index is 0.158. The summed E-state index contributed by atoms with van der Waals surface area (Å²) in [6.45, 7) is 1.98. The van der Waals surface area contributed by atoms with Gasteiger partial charge in [0.2, 0.25) is 0 Å². The number of aliphatic hydroxyl groups is 1. The summed E-state index contributed by atoms with van der Waals surface area (Å²) < 4.78 is 0. The van der Waals surface area contributed by atoms with Crippen LogP contribution in [0.25, 0.3) is 0 Å². The fourth-order valence-corrected chi connectivity index (χ4v) is 2.38. The van der Waals surface area contributed by atoms with Gasteiger partial charge in [-0.3, -0.25) is 4.79 Å². The molecule has 6 nitrogen and oxygen atoms in total. The third-order valence-electron chi connectivity index (χ3n) is 3.48. The number of carboxylic acid groups (broad SMARTS) is 1. The molecule has 0 saturated heterocycles. The van der Waals surface area contributed by atoms with Gasteiger partial charge < -0.3 is 20.4 Å². The molecule has 1 atom stereocenters. The van der Waals surface area contributed by atoms with Crippen LogP contribution in [0.15, 0.2) is 0 Å². The lowest BCUT2D eigenvalue weighted by Gasteiger charge is -2.26. The van der Waals surface area contributed by atoms with Gasteiger partial charge in [0, 0.05) is 20.1 Å². The van der Waals surface area contributed by atoms with Gasteiger partial charge in [0.05, 0.1) is 11.5 Å². The number of aliphatic carboxylic acids is 1. The molecule has 0 heterocycles. The Hall–Kier alpha value is -1.30. The van der Waals surface area contributed by atoms with E-state index in [1.165, 1.54) is 4.90 Å². The van der Waals surface area contributed by atoms with E-state index in [0.29, 0.717) is 12.8 Å². The standard InChI is InChI=1S/C12H22N2O4/c1-9(15)7-14(2)11(18)13-8-12(10(16)17)5-3-4-6-12/h9,15H,3-8H2,1-2H3,(H,13,18)(H,16,17). The van der Waals surface area contributed by atoms with Crippen LogP contribution < -0.4 is 5.32 Å². The van der Waals surface area contributed by atoms with Crippen molar-refractivity contribution in [1.29, 1.82) is 0 Å². The normalized spacial score (nSPS) is 19.3. The van der Waals surface area contributed by atoms with E-state index >= 15 is 0 Å². The Morgan fingerprint density at radius 2 is 1.94 bits per heavy atom. The first-order chi connectivity index (χ1) is 8.37. The molecule has 2 amide bonds. The zero-order valence-electron chi connectivity index (χ0n) is 11.0. The number of likely N-dealkylation sites (N-methyl/N-ethyl adjacent to an activating group) is 1. The first-order valence-corrected chi connectivity index (χ1v) is 6.28. The lowest BCUT2D eigenvalue weighted by atomic mass is 9.86. The van der Waals surface area contributed by atoms with Crippen LogP contribution in [0.1, 0.15) is 32.6 Å². The van der Waals surface area contributed by atoms with Crippen molar-refractivity contribution in [3.05, 3.63) is 0 Å². The maximum Gasteiger partial charge on any atom is 0.317 e. The van der Waals surface area contributed by atoms with Crippen molar-refractivity contribution >= 4 is 12.0 Å². The molecule has 0 spiro atoms. The first-order valence-electron chi connectivity index (χ1n) is 6.28. The summed E-state index contributed by atoms with van der Waals surface area (Å²) in [6.07, 6.45) is 2.42. The van der Waals surface area contributed by atoms with Crippen molar-refractivity contribution in [2.75, 3.05) is 20.1 Å². The van der Waals surface area contributed by atoms with Gasteiger partial charge in [-0.15, -0.1) is 0 Å². The highest BCUT2D eigenvalue weighted by atomic mass is 16.4. The van der Waals surface area contributed by atoms with Crippen molar-refractivity contribution in [2.24, 2.45) is 5.41 Å². The van der Waals surface area contributed by atoms with Crippen molar-refractivity contribution in [3.8, 4) is 0 Å². The fourth-order valence-electron chi connectivity index (χ4n) is 2.38. The van der Waals surface area contributed by atoms with Crippen LogP contribution in [0, 0.1) is 5.41 Å². The summed E-state index contributed by atoms with van der Waals surface area (Å²) in [7, 11) is 1.57. The second-order valence-corrected chi connectivity index (χ2v) is 5.18. The number of nitrogens with one attached hydrogen (secondary N) is 1. The SMILES string of the molecule is CC(O)CN(C)C(=O)NCC1(C(=O)O)CCCC1. The van der Waals surface area contributed by atoms with E-state index in [-0.39, 0.29) is 19.1 Å². The van der Waals surface area contributed by atoms with Crippen LogP contribution >= 0.6 is 0 Å². The maximum atomic E-state index is 11.7. The lowest BCUT2D eigenvalue weighted by Crippen LogP contribution is -2.46. The molecule has 18 heavy (non-hydrogen) atoms. The van der Waals surface area contributed by atoms with Crippen LogP contribution in [0.5, 0.6) is 0 Å². The number of aliphatic hydroxyl groups excluding tert-OH is 1. The van der Waals surface area contributed by atoms with Crippen LogP contribution in [0.2, 0.25) is 0 Å². The summed E-state index contributed by atoms with van der Waals surface area (Å²) >= 11 is 0. The Balaban J connectivity index is 2.48. The van der Waals surface area contributed by atoms with Gasteiger partial charge in [0.25, 0.3) is 0 Å². The average Bonchev–Trinajstić information content (AvgIpc) is 2.74. The predicted molar refractivity (Wildman–Crippen MR) is 66.2 cm³/mol. The fraction of sp³-hybridized carbons (Fsp3) is 0.833. The smallest absolute Gasteiger partial charge is 0.317 e. The van der Waals surface area contributed by atoms with Crippen molar-refractivity contribution in [1.82, 2.24) is 10.2 Å². The number of carbonyl (C=O) groups excluding carboxylic acids is 1. The van der Waals surface area contributed by atoms with Crippen LogP contribution in [-0.2, 0) is 4.79 Å². The Labute approximate surface area is 107 Å². The summed E-state index contributed by atoms with van der Waals surface area (Å²) in [5.74, 6) is -0.835. The molecule has 0 aromatic rings. The van der Waals surface area contributed by atoms with Crippen LogP contribution in [0.3, 0.4) is 0 Å². The van der Waals surface area contributed by atoms with Gasteiger partial charge in [-0.1, -0.05) is 12.8 Å². The highest BCUT2D eigenvalue weighted by Crippen LogP contribution is 2.37. The molecule has 6 heteroatoms. The van der Waals surface area contributed by atoms with Crippen molar-refractivity contribution < 1.29 is 19.8 Å². The van der Waals surface area contributed by atoms with Gasteiger partial charge in [0.15, 0.2) is 0 Å². The van der Waals surface area contributed by atoms with Gasteiger partial charge in [0.1, 0.15) is 0 Å².